The van der Waals surface area contributed by atoms with Gasteiger partial charge >= 0.3 is 0 Å². The molecule has 106 valence electrons. The zero-order valence-electron chi connectivity index (χ0n) is 10.8. The van der Waals surface area contributed by atoms with Gasteiger partial charge in [0.1, 0.15) is 0 Å². The number of aliphatic hydroxyl groups is 2. The number of nitrogens with zero attached hydrogens (tertiary/aromatic N) is 1. The van der Waals surface area contributed by atoms with E-state index in [2.05, 4.69) is 10.2 Å². The maximum absolute atomic E-state index is 10.9. The summed E-state index contributed by atoms with van der Waals surface area (Å²) in [7, 11) is 0. The molecule has 0 radical (unpaired) electrons. The number of amides is 1. The number of anilines is 1. The first-order valence-electron chi connectivity index (χ1n) is 6.19. The van der Waals surface area contributed by atoms with Gasteiger partial charge in [-0.15, -0.1) is 0 Å². The molecule has 1 aromatic carbocycles. The summed E-state index contributed by atoms with van der Waals surface area (Å²) in [5, 5.41) is 18.0. The molecule has 0 bridgehead atoms. The SMILES string of the molecule is O=C1CCN(c2ccccc2)N1.OCCOCCO. The number of hydrogen-bond donors (Lipinski definition) is 3. The van der Waals surface area contributed by atoms with Crippen LogP contribution in [0.1, 0.15) is 6.42 Å². The largest absolute Gasteiger partial charge is 0.394 e. The van der Waals surface area contributed by atoms with Crippen molar-refractivity contribution in [1.82, 2.24) is 5.43 Å². The number of carbonyl (C=O) groups is 1. The average molecular weight is 268 g/mol. The lowest BCUT2D eigenvalue weighted by molar-refractivity contribution is -0.119. The number of rotatable bonds is 5. The predicted octanol–water partition coefficient (Wildman–Crippen LogP) is -0.0845. The van der Waals surface area contributed by atoms with Crippen LogP contribution in [0.25, 0.3) is 0 Å². The van der Waals surface area contributed by atoms with E-state index in [9.17, 15) is 4.79 Å². The van der Waals surface area contributed by atoms with Crippen molar-refractivity contribution in [2.75, 3.05) is 38.0 Å². The highest BCUT2D eigenvalue weighted by molar-refractivity contribution is 5.81. The van der Waals surface area contributed by atoms with Crippen molar-refractivity contribution >= 4 is 11.6 Å². The Morgan fingerprint density at radius 3 is 2.26 bits per heavy atom. The fourth-order valence-corrected chi connectivity index (χ4v) is 1.51. The van der Waals surface area contributed by atoms with Gasteiger partial charge in [-0.3, -0.25) is 15.2 Å². The number of benzene rings is 1. The lowest BCUT2D eigenvalue weighted by Crippen LogP contribution is -2.32. The Kier molecular flexibility index (Phi) is 7.57. The summed E-state index contributed by atoms with van der Waals surface area (Å²) in [6, 6.07) is 9.83. The van der Waals surface area contributed by atoms with Gasteiger partial charge in [-0.05, 0) is 12.1 Å². The molecule has 0 saturated carbocycles. The van der Waals surface area contributed by atoms with E-state index in [1.165, 1.54) is 0 Å². The minimum Gasteiger partial charge on any atom is -0.394 e. The lowest BCUT2D eigenvalue weighted by Gasteiger charge is -2.16. The second kappa shape index (κ2) is 9.32. The standard InChI is InChI=1S/C9H10N2O.C4H10O3/c12-9-6-7-11(10-9)8-4-2-1-3-5-8;5-1-3-7-4-2-6/h1-5H,6-7H2,(H,10,12);5-6H,1-4H2. The van der Waals surface area contributed by atoms with Gasteiger partial charge in [0.2, 0.25) is 5.91 Å². The highest BCUT2D eigenvalue weighted by atomic mass is 16.5. The summed E-state index contributed by atoms with van der Waals surface area (Å²) in [5.41, 5.74) is 3.81. The number of aliphatic hydroxyl groups excluding tert-OH is 2. The zero-order valence-corrected chi connectivity index (χ0v) is 10.8. The maximum atomic E-state index is 10.9. The van der Waals surface area contributed by atoms with Crippen LogP contribution in [0, 0.1) is 0 Å². The number of carbonyl (C=O) groups excluding carboxylic acids is 1. The molecule has 1 heterocycles. The van der Waals surface area contributed by atoms with Gasteiger partial charge in [0.15, 0.2) is 0 Å². The normalized spacial score (nSPS) is 13.8. The van der Waals surface area contributed by atoms with E-state index >= 15 is 0 Å². The molecule has 6 nitrogen and oxygen atoms in total. The van der Waals surface area contributed by atoms with Crippen LogP contribution in [-0.2, 0) is 9.53 Å². The summed E-state index contributed by atoms with van der Waals surface area (Å²) in [4.78, 5) is 10.9. The topological polar surface area (TPSA) is 82.0 Å². The molecule has 1 fully saturated rings. The Hall–Kier alpha value is -1.63. The molecule has 1 aromatic rings. The minimum atomic E-state index is 0.0278. The first-order chi connectivity index (χ1) is 9.27. The van der Waals surface area contributed by atoms with Crippen LogP contribution in [-0.4, -0.2) is 49.1 Å². The van der Waals surface area contributed by atoms with Gasteiger partial charge in [0, 0.05) is 13.0 Å². The van der Waals surface area contributed by atoms with Crippen molar-refractivity contribution in [2.45, 2.75) is 6.42 Å². The molecule has 1 aliphatic rings. The van der Waals surface area contributed by atoms with Gasteiger partial charge in [0.05, 0.1) is 32.1 Å². The molecular weight excluding hydrogens is 248 g/mol. The van der Waals surface area contributed by atoms with Crippen LogP contribution in [0.4, 0.5) is 5.69 Å². The van der Waals surface area contributed by atoms with E-state index in [4.69, 9.17) is 10.2 Å². The number of nitrogens with one attached hydrogen (secondary N) is 1. The molecule has 2 rings (SSSR count). The van der Waals surface area contributed by atoms with Crippen LogP contribution < -0.4 is 10.4 Å². The highest BCUT2D eigenvalue weighted by Gasteiger charge is 2.17. The molecular formula is C13H20N2O4. The van der Waals surface area contributed by atoms with Crippen molar-refractivity contribution in [3.05, 3.63) is 30.3 Å². The third kappa shape index (κ3) is 6.19. The first-order valence-corrected chi connectivity index (χ1v) is 6.19. The Morgan fingerprint density at radius 2 is 1.79 bits per heavy atom. The molecule has 0 atom stereocenters. The molecule has 3 N–H and O–H groups in total. The summed E-state index contributed by atoms with van der Waals surface area (Å²) in [6.07, 6.45) is 0.592. The lowest BCUT2D eigenvalue weighted by atomic mass is 10.3. The van der Waals surface area contributed by atoms with Gasteiger partial charge in [0.25, 0.3) is 0 Å². The van der Waals surface area contributed by atoms with E-state index in [1.807, 2.05) is 35.3 Å². The molecule has 0 aromatic heterocycles. The van der Waals surface area contributed by atoms with Crippen LogP contribution in [0.2, 0.25) is 0 Å². The number of para-hydroxylation sites is 1. The van der Waals surface area contributed by atoms with Gasteiger partial charge in [-0.25, -0.2) is 0 Å². The Morgan fingerprint density at radius 1 is 1.16 bits per heavy atom. The van der Waals surface area contributed by atoms with Gasteiger partial charge in [-0.1, -0.05) is 18.2 Å². The van der Waals surface area contributed by atoms with E-state index in [-0.39, 0.29) is 19.1 Å². The third-order valence-corrected chi connectivity index (χ3v) is 2.36. The minimum absolute atomic E-state index is 0.0278. The second-order valence-corrected chi connectivity index (χ2v) is 3.83. The van der Waals surface area contributed by atoms with Crippen molar-refractivity contribution in [1.29, 1.82) is 0 Å². The molecule has 6 heteroatoms. The van der Waals surface area contributed by atoms with E-state index in [1.54, 1.807) is 0 Å². The Labute approximate surface area is 112 Å². The maximum Gasteiger partial charge on any atom is 0.240 e. The quantitative estimate of drug-likeness (QED) is 0.651. The fraction of sp³-hybridized carbons (Fsp3) is 0.462. The number of hydrogen-bond acceptors (Lipinski definition) is 5. The van der Waals surface area contributed by atoms with E-state index in [0.29, 0.717) is 19.6 Å². The van der Waals surface area contributed by atoms with Crippen LogP contribution in [0.3, 0.4) is 0 Å². The molecule has 0 spiro atoms. The summed E-state index contributed by atoms with van der Waals surface area (Å²) in [5.74, 6) is 0.0962. The fourth-order valence-electron chi connectivity index (χ4n) is 1.51. The molecule has 1 saturated heterocycles. The Bertz CT molecular complexity index is 355. The molecule has 19 heavy (non-hydrogen) atoms. The highest BCUT2D eigenvalue weighted by Crippen LogP contribution is 2.13. The van der Waals surface area contributed by atoms with Crippen LogP contribution in [0.5, 0.6) is 0 Å². The predicted molar refractivity (Wildman–Crippen MR) is 71.5 cm³/mol. The Balaban J connectivity index is 0.000000224. The van der Waals surface area contributed by atoms with Crippen molar-refractivity contribution in [3.8, 4) is 0 Å². The monoisotopic (exact) mass is 268 g/mol. The molecule has 1 amide bonds. The van der Waals surface area contributed by atoms with Gasteiger partial charge < -0.3 is 14.9 Å². The third-order valence-electron chi connectivity index (χ3n) is 2.36. The smallest absolute Gasteiger partial charge is 0.240 e. The van der Waals surface area contributed by atoms with Crippen molar-refractivity contribution < 1.29 is 19.7 Å². The van der Waals surface area contributed by atoms with Crippen molar-refractivity contribution in [3.63, 3.8) is 0 Å². The van der Waals surface area contributed by atoms with Crippen molar-refractivity contribution in [2.24, 2.45) is 0 Å². The number of ether oxygens (including phenoxy) is 1. The van der Waals surface area contributed by atoms with Gasteiger partial charge in [-0.2, -0.15) is 0 Å². The van der Waals surface area contributed by atoms with Crippen LogP contribution in [0.15, 0.2) is 30.3 Å². The second-order valence-electron chi connectivity index (χ2n) is 3.83. The van der Waals surface area contributed by atoms with E-state index < -0.39 is 0 Å². The molecule has 1 aliphatic heterocycles. The zero-order chi connectivity index (χ0) is 13.9. The van der Waals surface area contributed by atoms with Crippen LogP contribution >= 0.6 is 0 Å². The van der Waals surface area contributed by atoms with E-state index in [0.717, 1.165) is 12.2 Å². The number of hydrazine groups is 1. The summed E-state index contributed by atoms with van der Waals surface area (Å²) < 4.78 is 4.63. The first kappa shape index (κ1) is 15.4. The summed E-state index contributed by atoms with van der Waals surface area (Å²) >= 11 is 0. The average Bonchev–Trinajstić information content (AvgIpc) is 2.88. The molecule has 0 unspecified atom stereocenters. The summed E-state index contributed by atoms with van der Waals surface area (Å²) in [6.45, 7) is 1.46. The molecule has 0 aliphatic carbocycles.